The lowest BCUT2D eigenvalue weighted by Gasteiger charge is -2.07. The molecular formula is C19H15N3. The van der Waals surface area contributed by atoms with E-state index in [-0.39, 0.29) is 0 Å². The van der Waals surface area contributed by atoms with Crippen molar-refractivity contribution in [1.82, 2.24) is 14.5 Å². The van der Waals surface area contributed by atoms with Crippen LogP contribution in [0.3, 0.4) is 0 Å². The van der Waals surface area contributed by atoms with Gasteiger partial charge in [-0.2, -0.15) is 0 Å². The summed E-state index contributed by atoms with van der Waals surface area (Å²) < 4.78 is 2.12. The Morgan fingerprint density at radius 1 is 0.864 bits per heavy atom. The third-order valence-corrected chi connectivity index (χ3v) is 3.94. The third kappa shape index (κ3) is 1.99. The van der Waals surface area contributed by atoms with E-state index >= 15 is 0 Å². The molecule has 3 nitrogen and oxygen atoms in total. The highest BCUT2D eigenvalue weighted by Crippen LogP contribution is 2.30. The minimum absolute atomic E-state index is 1.00. The molecule has 0 saturated heterocycles. The van der Waals surface area contributed by atoms with Gasteiger partial charge in [0.05, 0.1) is 11.0 Å². The van der Waals surface area contributed by atoms with Crippen molar-refractivity contribution in [3.05, 3.63) is 78.9 Å². The van der Waals surface area contributed by atoms with Crippen molar-refractivity contribution < 1.29 is 0 Å². The van der Waals surface area contributed by atoms with E-state index in [1.807, 2.05) is 43.0 Å². The second-order valence-corrected chi connectivity index (χ2v) is 5.31. The molecule has 2 aromatic heterocycles. The molecule has 0 spiro atoms. The second-order valence-electron chi connectivity index (χ2n) is 5.31. The first kappa shape index (κ1) is 12.8. The lowest BCUT2D eigenvalue weighted by atomic mass is 10.0. The van der Waals surface area contributed by atoms with Gasteiger partial charge in [0.15, 0.2) is 0 Å². The predicted octanol–water partition coefficient (Wildman–Crippen LogP) is 4.40. The summed E-state index contributed by atoms with van der Waals surface area (Å²) >= 11 is 0. The van der Waals surface area contributed by atoms with Crippen LogP contribution in [0.4, 0.5) is 0 Å². The zero-order valence-corrected chi connectivity index (χ0v) is 12.3. The van der Waals surface area contributed by atoms with Gasteiger partial charge in [0.1, 0.15) is 6.33 Å². The van der Waals surface area contributed by atoms with Gasteiger partial charge in [0.2, 0.25) is 0 Å². The Morgan fingerprint density at radius 3 is 2.55 bits per heavy atom. The van der Waals surface area contributed by atoms with Gasteiger partial charge >= 0.3 is 0 Å². The summed E-state index contributed by atoms with van der Waals surface area (Å²) in [6.07, 6.45) is 5.61. The van der Waals surface area contributed by atoms with Gasteiger partial charge in [-0.05, 0) is 36.8 Å². The number of hydrogen-bond acceptors (Lipinski definition) is 2. The Morgan fingerprint density at radius 2 is 1.73 bits per heavy atom. The molecule has 0 atom stereocenters. The maximum absolute atomic E-state index is 4.65. The van der Waals surface area contributed by atoms with E-state index in [0.717, 1.165) is 27.8 Å². The van der Waals surface area contributed by atoms with Gasteiger partial charge in [-0.3, -0.25) is 9.55 Å². The fraction of sp³-hybridized carbons (Fsp3) is 0.0526. The number of nitrogens with zero attached hydrogens (tertiary/aromatic N) is 3. The molecule has 0 aliphatic heterocycles. The highest BCUT2D eigenvalue weighted by molar-refractivity contribution is 5.93. The van der Waals surface area contributed by atoms with Crippen molar-refractivity contribution in [2.24, 2.45) is 0 Å². The van der Waals surface area contributed by atoms with Crippen LogP contribution in [0, 0.1) is 6.92 Å². The SMILES string of the molecule is Cc1ccncc1-c1cccc2c1ncn2-c1ccccc1. The van der Waals surface area contributed by atoms with Crippen molar-refractivity contribution in [2.45, 2.75) is 6.92 Å². The Labute approximate surface area is 128 Å². The van der Waals surface area contributed by atoms with Gasteiger partial charge in [-0.1, -0.05) is 30.3 Å². The molecule has 3 heteroatoms. The molecule has 0 radical (unpaired) electrons. The van der Waals surface area contributed by atoms with Crippen LogP contribution < -0.4 is 0 Å². The summed E-state index contributed by atoms with van der Waals surface area (Å²) in [5, 5.41) is 0. The monoisotopic (exact) mass is 285 g/mol. The molecule has 2 aromatic carbocycles. The number of hydrogen-bond donors (Lipinski definition) is 0. The molecule has 106 valence electrons. The summed E-state index contributed by atoms with van der Waals surface area (Å²) in [5.41, 5.74) is 6.68. The fourth-order valence-corrected chi connectivity index (χ4v) is 2.80. The minimum atomic E-state index is 1.00. The van der Waals surface area contributed by atoms with Gasteiger partial charge in [0.25, 0.3) is 0 Å². The van der Waals surface area contributed by atoms with Crippen LogP contribution >= 0.6 is 0 Å². The van der Waals surface area contributed by atoms with E-state index in [4.69, 9.17) is 0 Å². The number of imidazole rings is 1. The maximum atomic E-state index is 4.65. The Balaban J connectivity index is 1.97. The minimum Gasteiger partial charge on any atom is -0.299 e. The van der Waals surface area contributed by atoms with E-state index < -0.39 is 0 Å². The van der Waals surface area contributed by atoms with Crippen LogP contribution in [0.2, 0.25) is 0 Å². The summed E-state index contributed by atoms with van der Waals surface area (Å²) in [4.78, 5) is 8.91. The van der Waals surface area contributed by atoms with Gasteiger partial charge in [-0.15, -0.1) is 0 Å². The van der Waals surface area contributed by atoms with Crippen LogP contribution in [-0.2, 0) is 0 Å². The van der Waals surface area contributed by atoms with Crippen molar-refractivity contribution in [2.75, 3.05) is 0 Å². The summed E-state index contributed by atoms with van der Waals surface area (Å²) in [6, 6.07) is 18.6. The highest BCUT2D eigenvalue weighted by atomic mass is 15.0. The normalized spacial score (nSPS) is 11.0. The smallest absolute Gasteiger partial charge is 0.100 e. The van der Waals surface area contributed by atoms with Gasteiger partial charge in [-0.25, -0.2) is 4.98 Å². The number of pyridine rings is 1. The lowest BCUT2D eigenvalue weighted by molar-refractivity contribution is 1.09. The first-order valence-corrected chi connectivity index (χ1v) is 7.27. The summed E-state index contributed by atoms with van der Waals surface area (Å²) in [6.45, 7) is 2.10. The molecule has 4 aromatic rings. The van der Waals surface area contributed by atoms with E-state index in [1.165, 1.54) is 5.56 Å². The number of aryl methyl sites for hydroxylation is 1. The number of benzene rings is 2. The van der Waals surface area contributed by atoms with E-state index in [0.29, 0.717) is 0 Å². The molecule has 0 aliphatic rings. The number of para-hydroxylation sites is 2. The van der Waals surface area contributed by atoms with E-state index in [2.05, 4.69) is 51.8 Å². The molecule has 22 heavy (non-hydrogen) atoms. The van der Waals surface area contributed by atoms with Crippen LogP contribution in [0.1, 0.15) is 5.56 Å². The van der Waals surface area contributed by atoms with Crippen LogP contribution in [0.15, 0.2) is 73.3 Å². The quantitative estimate of drug-likeness (QED) is 0.546. The number of rotatable bonds is 2. The molecule has 0 fully saturated rings. The highest BCUT2D eigenvalue weighted by Gasteiger charge is 2.11. The topological polar surface area (TPSA) is 30.7 Å². The van der Waals surface area contributed by atoms with Gasteiger partial charge in [0, 0.05) is 29.2 Å². The van der Waals surface area contributed by atoms with Crippen molar-refractivity contribution >= 4 is 11.0 Å². The zero-order chi connectivity index (χ0) is 14.9. The average Bonchev–Trinajstić information content (AvgIpc) is 3.00. The molecule has 0 aliphatic carbocycles. The van der Waals surface area contributed by atoms with Crippen molar-refractivity contribution in [1.29, 1.82) is 0 Å². The Hall–Kier alpha value is -2.94. The van der Waals surface area contributed by atoms with Crippen LogP contribution in [0.25, 0.3) is 27.8 Å². The maximum Gasteiger partial charge on any atom is 0.100 e. The van der Waals surface area contributed by atoms with Crippen molar-refractivity contribution in [3.63, 3.8) is 0 Å². The molecular weight excluding hydrogens is 270 g/mol. The number of aromatic nitrogens is 3. The van der Waals surface area contributed by atoms with Crippen molar-refractivity contribution in [3.8, 4) is 16.8 Å². The molecule has 2 heterocycles. The fourth-order valence-electron chi connectivity index (χ4n) is 2.80. The number of fused-ring (bicyclic) bond motifs is 1. The second kappa shape index (κ2) is 5.11. The molecule has 0 amide bonds. The largest absolute Gasteiger partial charge is 0.299 e. The Bertz CT molecular complexity index is 939. The summed E-state index contributed by atoms with van der Waals surface area (Å²) in [7, 11) is 0. The molecule has 0 bridgehead atoms. The van der Waals surface area contributed by atoms with Crippen LogP contribution in [0.5, 0.6) is 0 Å². The molecule has 0 unspecified atom stereocenters. The first-order chi connectivity index (χ1) is 10.8. The first-order valence-electron chi connectivity index (χ1n) is 7.27. The predicted molar refractivity (Wildman–Crippen MR) is 89.0 cm³/mol. The summed E-state index contributed by atoms with van der Waals surface area (Å²) in [5.74, 6) is 0. The zero-order valence-electron chi connectivity index (χ0n) is 12.3. The third-order valence-electron chi connectivity index (χ3n) is 3.94. The Kier molecular flexibility index (Phi) is 2.97. The lowest BCUT2D eigenvalue weighted by Crippen LogP contribution is -1.91. The molecule has 0 N–H and O–H groups in total. The van der Waals surface area contributed by atoms with Crippen LogP contribution in [-0.4, -0.2) is 14.5 Å². The van der Waals surface area contributed by atoms with Gasteiger partial charge < -0.3 is 0 Å². The van der Waals surface area contributed by atoms with E-state index in [1.54, 1.807) is 0 Å². The standard InChI is InChI=1S/C19H15N3/c1-14-10-11-20-12-17(14)16-8-5-9-18-19(16)21-13-22(18)15-6-3-2-4-7-15/h2-13H,1H3. The average molecular weight is 285 g/mol. The van der Waals surface area contributed by atoms with E-state index in [9.17, 15) is 0 Å². The molecule has 4 rings (SSSR count). The molecule has 0 saturated carbocycles.